The summed E-state index contributed by atoms with van der Waals surface area (Å²) in [6.45, 7) is 12.3. The van der Waals surface area contributed by atoms with Crippen LogP contribution < -0.4 is 5.73 Å². The summed E-state index contributed by atoms with van der Waals surface area (Å²) in [6.07, 6.45) is 7.04. The van der Waals surface area contributed by atoms with Crippen molar-refractivity contribution in [2.24, 2.45) is 22.0 Å². The van der Waals surface area contributed by atoms with E-state index in [0.29, 0.717) is 38.5 Å². The van der Waals surface area contributed by atoms with Crippen LogP contribution >= 0.6 is 0 Å². The zero-order valence-corrected chi connectivity index (χ0v) is 20.5. The van der Waals surface area contributed by atoms with Crippen LogP contribution in [-0.2, 0) is 9.59 Å². The van der Waals surface area contributed by atoms with Gasteiger partial charge in [-0.3, -0.25) is 9.59 Å². The molecule has 0 aromatic carbocycles. The van der Waals surface area contributed by atoms with Gasteiger partial charge >= 0.3 is 0 Å². The lowest BCUT2D eigenvalue weighted by atomic mass is 9.68. The number of hydrogen-bond donors (Lipinski definition) is 3. The molecule has 178 valence electrons. The van der Waals surface area contributed by atoms with Crippen molar-refractivity contribution in [3.8, 4) is 0 Å². The van der Waals surface area contributed by atoms with E-state index < -0.39 is 45.4 Å². The van der Waals surface area contributed by atoms with E-state index in [9.17, 15) is 19.8 Å². The van der Waals surface area contributed by atoms with Gasteiger partial charge in [0, 0.05) is 0 Å². The molecule has 0 heterocycles. The van der Waals surface area contributed by atoms with Crippen molar-refractivity contribution in [2.75, 3.05) is 0 Å². The lowest BCUT2D eigenvalue weighted by Gasteiger charge is -2.57. The number of rotatable bonds is 6. The van der Waals surface area contributed by atoms with E-state index in [2.05, 4.69) is 41.5 Å². The van der Waals surface area contributed by atoms with Gasteiger partial charge in [-0.05, 0) is 49.4 Å². The molecule has 0 radical (unpaired) electrons. The molecule has 31 heavy (non-hydrogen) atoms. The molecular formula is C25H44N2O4. The molecule has 6 nitrogen and oxygen atoms in total. The van der Waals surface area contributed by atoms with Crippen LogP contribution in [0.4, 0.5) is 0 Å². The Hall–Kier alpha value is -1.14. The molecule has 0 aliphatic heterocycles. The maximum atomic E-state index is 14.2. The molecule has 0 spiro atoms. The predicted molar refractivity (Wildman–Crippen MR) is 121 cm³/mol. The average Bonchev–Trinajstić information content (AvgIpc) is 3.14. The van der Waals surface area contributed by atoms with Crippen molar-refractivity contribution in [1.29, 1.82) is 0 Å². The second kappa shape index (κ2) is 7.72. The third kappa shape index (κ3) is 4.27. The second-order valence-corrected chi connectivity index (χ2v) is 12.8. The number of hydrogen-bond acceptors (Lipinski definition) is 4. The van der Waals surface area contributed by atoms with Crippen LogP contribution in [0.1, 0.15) is 106 Å². The van der Waals surface area contributed by atoms with Gasteiger partial charge in [0.25, 0.3) is 0 Å². The third-order valence-corrected chi connectivity index (χ3v) is 8.02. The Morgan fingerprint density at radius 2 is 1.06 bits per heavy atom. The van der Waals surface area contributed by atoms with Gasteiger partial charge < -0.3 is 20.8 Å². The van der Waals surface area contributed by atoms with E-state index in [-0.39, 0.29) is 5.91 Å². The van der Waals surface area contributed by atoms with Gasteiger partial charge in [-0.1, -0.05) is 67.2 Å². The van der Waals surface area contributed by atoms with Crippen LogP contribution in [0.25, 0.3) is 0 Å². The second-order valence-electron chi connectivity index (χ2n) is 12.8. The molecule has 0 bridgehead atoms. The van der Waals surface area contributed by atoms with E-state index in [1.165, 1.54) is 0 Å². The summed E-state index contributed by atoms with van der Waals surface area (Å²) in [5, 5.41) is 23.8. The Balaban J connectivity index is 2.22. The highest BCUT2D eigenvalue weighted by Gasteiger charge is 2.64. The minimum Gasteiger partial charge on any atom is -0.388 e. The van der Waals surface area contributed by atoms with Crippen molar-refractivity contribution >= 4 is 11.8 Å². The van der Waals surface area contributed by atoms with E-state index in [1.54, 1.807) is 4.90 Å². The molecule has 2 amide bonds. The van der Waals surface area contributed by atoms with E-state index in [4.69, 9.17) is 5.73 Å². The topological polar surface area (TPSA) is 104 Å². The van der Waals surface area contributed by atoms with E-state index >= 15 is 0 Å². The van der Waals surface area contributed by atoms with Crippen molar-refractivity contribution in [3.63, 3.8) is 0 Å². The smallest absolute Gasteiger partial charge is 0.238 e. The molecule has 0 aromatic heterocycles. The molecule has 3 aliphatic carbocycles. The number of carbonyl (C=O) groups is 2. The highest BCUT2D eigenvalue weighted by atomic mass is 16.3. The molecule has 0 saturated heterocycles. The lowest BCUT2D eigenvalue weighted by molar-refractivity contribution is -0.185. The molecule has 2 atom stereocenters. The first-order valence-electron chi connectivity index (χ1n) is 12.2. The van der Waals surface area contributed by atoms with Crippen molar-refractivity contribution in [1.82, 2.24) is 4.90 Å². The van der Waals surface area contributed by atoms with Gasteiger partial charge in [0.2, 0.25) is 11.8 Å². The Labute approximate surface area is 187 Å². The fourth-order valence-electron chi connectivity index (χ4n) is 6.81. The molecule has 6 heteroatoms. The van der Waals surface area contributed by atoms with Gasteiger partial charge in [-0.2, -0.15) is 0 Å². The maximum absolute atomic E-state index is 14.2. The summed E-state index contributed by atoms with van der Waals surface area (Å²) < 4.78 is 0. The summed E-state index contributed by atoms with van der Waals surface area (Å²) in [6, 6.07) is -1.03. The standard InChI is InChI=1S/C25H44N2O4/c1-21(2,3)17(24(30)11-7-8-12-24)27(20(29)23(15-16-23)19(26)28)18(22(4,5)6)25(31)13-9-10-14-25/h17-18,30-31H,7-16H2,1-6H3,(H2,26,28). The Morgan fingerprint density at radius 3 is 1.29 bits per heavy atom. The molecule has 3 rings (SSSR count). The highest BCUT2D eigenvalue weighted by Crippen LogP contribution is 2.54. The number of nitrogens with two attached hydrogens (primary N) is 1. The minimum atomic E-state index is -1.20. The normalized spacial score (nSPS) is 26.3. The summed E-state index contributed by atoms with van der Waals surface area (Å²) >= 11 is 0. The van der Waals surface area contributed by atoms with Crippen molar-refractivity contribution < 1.29 is 19.8 Å². The van der Waals surface area contributed by atoms with Crippen LogP contribution in [0, 0.1) is 16.2 Å². The monoisotopic (exact) mass is 436 g/mol. The number of amides is 2. The first-order valence-corrected chi connectivity index (χ1v) is 12.2. The summed E-state index contributed by atoms with van der Waals surface area (Å²) in [5.74, 6) is -0.875. The highest BCUT2D eigenvalue weighted by molar-refractivity contribution is 6.07. The van der Waals surface area contributed by atoms with Gasteiger partial charge in [-0.25, -0.2) is 0 Å². The summed E-state index contributed by atoms with van der Waals surface area (Å²) in [7, 11) is 0. The fourth-order valence-corrected chi connectivity index (χ4v) is 6.81. The largest absolute Gasteiger partial charge is 0.388 e. The maximum Gasteiger partial charge on any atom is 0.238 e. The van der Waals surface area contributed by atoms with Crippen LogP contribution in [-0.4, -0.2) is 50.2 Å². The molecule has 0 aromatic rings. The van der Waals surface area contributed by atoms with Crippen LogP contribution in [0.2, 0.25) is 0 Å². The molecular weight excluding hydrogens is 392 g/mol. The van der Waals surface area contributed by atoms with Gasteiger partial charge in [-0.15, -0.1) is 0 Å². The quantitative estimate of drug-likeness (QED) is 0.554. The summed E-state index contributed by atoms with van der Waals surface area (Å²) in [4.78, 5) is 28.5. The van der Waals surface area contributed by atoms with Crippen molar-refractivity contribution in [2.45, 2.75) is 129 Å². The van der Waals surface area contributed by atoms with E-state index in [1.807, 2.05) is 0 Å². The zero-order chi connectivity index (χ0) is 23.5. The Kier molecular flexibility index (Phi) is 6.10. The Morgan fingerprint density at radius 1 is 0.742 bits per heavy atom. The molecule has 3 aliphatic rings. The molecule has 3 fully saturated rings. The summed E-state index contributed by atoms with van der Waals surface area (Å²) in [5.41, 5.74) is 1.58. The lowest BCUT2D eigenvalue weighted by Crippen LogP contribution is -2.70. The van der Waals surface area contributed by atoms with Gasteiger partial charge in [0.15, 0.2) is 0 Å². The molecule has 2 unspecified atom stereocenters. The van der Waals surface area contributed by atoms with Crippen LogP contribution in [0.5, 0.6) is 0 Å². The van der Waals surface area contributed by atoms with Crippen LogP contribution in [0.3, 0.4) is 0 Å². The first kappa shape index (κ1) is 24.5. The predicted octanol–water partition coefficient (Wildman–Crippen LogP) is 3.52. The van der Waals surface area contributed by atoms with E-state index in [0.717, 1.165) is 25.7 Å². The van der Waals surface area contributed by atoms with Crippen LogP contribution in [0.15, 0.2) is 0 Å². The molecule has 4 N–H and O–H groups in total. The average molecular weight is 437 g/mol. The van der Waals surface area contributed by atoms with Crippen molar-refractivity contribution in [3.05, 3.63) is 0 Å². The van der Waals surface area contributed by atoms with Gasteiger partial charge in [0.05, 0.1) is 23.3 Å². The third-order valence-electron chi connectivity index (χ3n) is 8.02. The number of carbonyl (C=O) groups excluding carboxylic acids is 2. The SMILES string of the molecule is CC(C)(C)C(N(C(=O)C1(C(N)=O)CC1)C(C(C)(C)C)C1(O)CCCC1)C1(O)CCCC1. The molecule has 3 saturated carbocycles. The van der Waals surface area contributed by atoms with Gasteiger partial charge in [0.1, 0.15) is 5.41 Å². The Bertz CT molecular complexity index is 662. The number of nitrogens with zero attached hydrogens (tertiary/aromatic N) is 1. The first-order chi connectivity index (χ1) is 14.1. The fraction of sp³-hybridized carbons (Fsp3) is 0.920. The zero-order valence-electron chi connectivity index (χ0n) is 20.5. The number of aliphatic hydroxyl groups is 2. The number of primary amides is 1. The minimum absolute atomic E-state index is 0.291.